The van der Waals surface area contributed by atoms with E-state index in [4.69, 9.17) is 0 Å². The van der Waals surface area contributed by atoms with Crippen molar-refractivity contribution in [2.75, 3.05) is 13.1 Å². The van der Waals surface area contributed by atoms with Gasteiger partial charge in [0.2, 0.25) is 0 Å². The molecule has 0 saturated carbocycles. The van der Waals surface area contributed by atoms with Crippen LogP contribution in [-0.4, -0.2) is 13.1 Å². The van der Waals surface area contributed by atoms with Crippen LogP contribution in [0.5, 0.6) is 0 Å². The predicted octanol–water partition coefficient (Wildman–Crippen LogP) is 17.1. The molecule has 0 unspecified atom stereocenters. The summed E-state index contributed by atoms with van der Waals surface area (Å²) in [6, 6.07) is 0. The number of unbranched alkanes of at least 4 members (excludes halogenated alkanes) is 19. The van der Waals surface area contributed by atoms with Gasteiger partial charge in [-0.3, -0.25) is 0 Å². The lowest BCUT2D eigenvalue weighted by molar-refractivity contribution is 0.0673. The maximum absolute atomic E-state index is 3.71. The monoisotopic (exact) mass is 710 g/mol. The summed E-state index contributed by atoms with van der Waals surface area (Å²) in [4.78, 5) is 0. The molecular weight excluding hydrogens is 615 g/mol. The van der Waals surface area contributed by atoms with Crippen molar-refractivity contribution in [3.8, 4) is 0 Å². The zero-order valence-electron chi connectivity index (χ0n) is 36.3. The molecular formula is C50H95N. The average Bonchev–Trinajstić information content (AvgIpc) is 3.12. The van der Waals surface area contributed by atoms with Crippen LogP contribution < -0.4 is 5.32 Å². The van der Waals surface area contributed by atoms with Crippen LogP contribution in [0, 0.1) is 23.2 Å². The summed E-state index contributed by atoms with van der Waals surface area (Å²) in [5, 5.41) is 3.71. The molecule has 0 aliphatic heterocycles. The molecule has 0 rings (SSSR count). The van der Waals surface area contributed by atoms with E-state index in [0.717, 1.165) is 30.6 Å². The van der Waals surface area contributed by atoms with Crippen LogP contribution in [-0.2, 0) is 0 Å². The molecule has 0 fully saturated rings. The van der Waals surface area contributed by atoms with Crippen LogP contribution in [0.1, 0.15) is 235 Å². The van der Waals surface area contributed by atoms with Gasteiger partial charge < -0.3 is 5.32 Å². The molecule has 0 aromatic heterocycles. The third-order valence-electron chi connectivity index (χ3n) is 12.1. The van der Waals surface area contributed by atoms with Gasteiger partial charge in [0.15, 0.2) is 0 Å². The first-order chi connectivity index (χ1) is 24.9. The Hall–Kier alpha value is -1.08. The van der Waals surface area contributed by atoms with E-state index in [1.165, 1.54) is 186 Å². The molecule has 0 saturated heterocycles. The van der Waals surface area contributed by atoms with Gasteiger partial charge in [0, 0.05) is 0 Å². The summed E-state index contributed by atoms with van der Waals surface area (Å²) in [6.07, 6.45) is 58.1. The Morgan fingerprint density at radius 2 is 0.784 bits per heavy atom. The minimum Gasteiger partial charge on any atom is -0.317 e. The minimum atomic E-state index is 0.417. The lowest BCUT2D eigenvalue weighted by atomic mass is 9.62. The van der Waals surface area contributed by atoms with E-state index in [2.05, 4.69) is 102 Å². The highest BCUT2D eigenvalue weighted by Crippen LogP contribution is 2.44. The van der Waals surface area contributed by atoms with Gasteiger partial charge in [0.25, 0.3) is 0 Å². The topological polar surface area (TPSA) is 12.0 Å². The van der Waals surface area contributed by atoms with Crippen LogP contribution in [0.15, 0.2) is 48.6 Å². The van der Waals surface area contributed by atoms with E-state index < -0.39 is 0 Å². The molecule has 1 heteroatoms. The smallest absolute Gasteiger partial charge is 0.00463 e. The molecule has 0 radical (unpaired) electrons. The Labute approximate surface area is 323 Å². The highest BCUT2D eigenvalue weighted by atomic mass is 14.8. The van der Waals surface area contributed by atoms with Crippen molar-refractivity contribution in [2.45, 2.75) is 235 Å². The van der Waals surface area contributed by atoms with Crippen LogP contribution in [0.2, 0.25) is 0 Å². The standard InChI is InChI=1S/C50H95N/c1-8-11-14-16-18-20-22-24-26-28-30-32-34-36-38-40-42-49(50(6,7)48(5)47(4)44-46-51-45-13-10-3)43-41-39-37-35-33-31-29-27-25-23-21-19-17-15-12-9-2/h16-19,22-25,47-49,51H,8-15,20-21,26-46H2,1-7H3/b18-16-,19-17-,24-22-,25-23-/t47-,48-/m1/s1. The van der Waals surface area contributed by atoms with Gasteiger partial charge in [-0.1, -0.05) is 206 Å². The summed E-state index contributed by atoms with van der Waals surface area (Å²) in [7, 11) is 0. The van der Waals surface area contributed by atoms with E-state index in [0.29, 0.717) is 5.41 Å². The van der Waals surface area contributed by atoms with Crippen LogP contribution in [0.25, 0.3) is 0 Å². The van der Waals surface area contributed by atoms with E-state index >= 15 is 0 Å². The molecule has 0 aromatic rings. The van der Waals surface area contributed by atoms with Crippen molar-refractivity contribution in [3.63, 3.8) is 0 Å². The average molecular weight is 710 g/mol. The van der Waals surface area contributed by atoms with Gasteiger partial charge in [-0.25, -0.2) is 0 Å². The highest BCUT2D eigenvalue weighted by molar-refractivity contribution is 4.93. The summed E-state index contributed by atoms with van der Waals surface area (Å²) in [6.45, 7) is 19.6. The largest absolute Gasteiger partial charge is 0.317 e. The normalized spacial score (nSPS) is 14.0. The summed E-state index contributed by atoms with van der Waals surface area (Å²) in [5.74, 6) is 2.42. The van der Waals surface area contributed by atoms with Crippen molar-refractivity contribution < 1.29 is 0 Å². The van der Waals surface area contributed by atoms with Crippen LogP contribution >= 0.6 is 0 Å². The van der Waals surface area contributed by atoms with Gasteiger partial charge in [-0.2, -0.15) is 0 Å². The number of hydrogen-bond acceptors (Lipinski definition) is 1. The fourth-order valence-corrected chi connectivity index (χ4v) is 7.73. The summed E-state index contributed by atoms with van der Waals surface area (Å²) in [5.41, 5.74) is 0.417. The summed E-state index contributed by atoms with van der Waals surface area (Å²) < 4.78 is 0. The van der Waals surface area contributed by atoms with Crippen molar-refractivity contribution >= 4 is 0 Å². The second kappa shape index (κ2) is 38.6. The quantitative estimate of drug-likeness (QED) is 0.0495. The first-order valence-corrected chi connectivity index (χ1v) is 23.2. The lowest BCUT2D eigenvalue weighted by Gasteiger charge is -2.43. The molecule has 1 nitrogen and oxygen atoms in total. The molecule has 300 valence electrons. The fraction of sp³-hybridized carbons (Fsp3) is 0.840. The number of rotatable bonds is 39. The Kier molecular flexibility index (Phi) is 37.8. The van der Waals surface area contributed by atoms with Crippen molar-refractivity contribution in [1.82, 2.24) is 5.32 Å². The Balaban J connectivity index is 4.46. The number of allylic oxidation sites excluding steroid dienone is 8. The molecule has 51 heavy (non-hydrogen) atoms. The number of nitrogens with one attached hydrogen (secondary N) is 1. The Morgan fingerprint density at radius 3 is 1.20 bits per heavy atom. The third-order valence-corrected chi connectivity index (χ3v) is 12.1. The van der Waals surface area contributed by atoms with Crippen LogP contribution in [0.3, 0.4) is 0 Å². The van der Waals surface area contributed by atoms with Crippen molar-refractivity contribution in [2.24, 2.45) is 23.2 Å². The Bertz CT molecular complexity index is 752. The van der Waals surface area contributed by atoms with Crippen molar-refractivity contribution in [3.05, 3.63) is 48.6 Å². The van der Waals surface area contributed by atoms with E-state index in [-0.39, 0.29) is 0 Å². The SMILES string of the molecule is CCCC/C=C\C/C=C\CCCCCCCCCC(CCCCCCCCC/C=C\C/C=C\CCCC)C(C)(C)[C@H](C)[C@H](C)CCNCCCC. The highest BCUT2D eigenvalue weighted by Gasteiger charge is 2.36. The third kappa shape index (κ3) is 32.1. The molecule has 0 amide bonds. The fourth-order valence-electron chi connectivity index (χ4n) is 7.73. The second-order valence-corrected chi connectivity index (χ2v) is 16.9. The molecule has 0 heterocycles. The molecule has 0 bridgehead atoms. The zero-order chi connectivity index (χ0) is 37.5. The van der Waals surface area contributed by atoms with Gasteiger partial charge in [0.05, 0.1) is 0 Å². The molecule has 0 spiro atoms. The van der Waals surface area contributed by atoms with Crippen molar-refractivity contribution in [1.29, 1.82) is 0 Å². The first-order valence-electron chi connectivity index (χ1n) is 23.2. The lowest BCUT2D eigenvalue weighted by Crippen LogP contribution is -2.36. The molecule has 0 aromatic carbocycles. The molecule has 1 N–H and O–H groups in total. The Morgan fingerprint density at radius 1 is 0.412 bits per heavy atom. The maximum atomic E-state index is 3.71. The second-order valence-electron chi connectivity index (χ2n) is 16.9. The van der Waals surface area contributed by atoms with Gasteiger partial charge in [-0.15, -0.1) is 0 Å². The zero-order valence-corrected chi connectivity index (χ0v) is 36.3. The van der Waals surface area contributed by atoms with Gasteiger partial charge in [0.1, 0.15) is 0 Å². The van der Waals surface area contributed by atoms with E-state index in [1.54, 1.807) is 0 Å². The van der Waals surface area contributed by atoms with Gasteiger partial charge >= 0.3 is 0 Å². The van der Waals surface area contributed by atoms with E-state index in [1.807, 2.05) is 0 Å². The maximum Gasteiger partial charge on any atom is -0.00463 e. The molecule has 2 atom stereocenters. The molecule has 0 aliphatic carbocycles. The number of hydrogen-bond donors (Lipinski definition) is 1. The van der Waals surface area contributed by atoms with E-state index in [9.17, 15) is 0 Å². The van der Waals surface area contributed by atoms with Gasteiger partial charge in [-0.05, 0) is 113 Å². The minimum absolute atomic E-state index is 0.417. The predicted molar refractivity (Wildman–Crippen MR) is 236 cm³/mol. The summed E-state index contributed by atoms with van der Waals surface area (Å²) >= 11 is 0. The van der Waals surface area contributed by atoms with Crippen LogP contribution in [0.4, 0.5) is 0 Å². The first kappa shape index (κ1) is 49.9. The molecule has 0 aliphatic rings.